The van der Waals surface area contributed by atoms with Crippen molar-refractivity contribution in [3.63, 3.8) is 0 Å². The molecule has 0 saturated heterocycles. The third kappa shape index (κ3) is 4.15. The van der Waals surface area contributed by atoms with Gasteiger partial charge in [-0.05, 0) is 47.5 Å². The van der Waals surface area contributed by atoms with Crippen molar-refractivity contribution >= 4 is 44.5 Å². The highest BCUT2D eigenvalue weighted by atomic mass is 32.1. The Hall–Kier alpha value is -4.43. The maximum atomic E-state index is 13.3. The average Bonchev–Trinajstić information content (AvgIpc) is 3.41. The summed E-state index contributed by atoms with van der Waals surface area (Å²) in [6.45, 7) is 0. The molecule has 7 nitrogen and oxygen atoms in total. The topological polar surface area (TPSA) is 100.0 Å². The number of carbonyl (C=O) groups excluding carboxylic acids is 2. The number of aromatic nitrogens is 1. The van der Waals surface area contributed by atoms with E-state index in [1.165, 1.54) is 34.4 Å². The second-order valence-electron chi connectivity index (χ2n) is 7.87. The van der Waals surface area contributed by atoms with Gasteiger partial charge in [0.25, 0.3) is 5.91 Å². The Bertz CT molecular complexity index is 1490. The van der Waals surface area contributed by atoms with Gasteiger partial charge in [-0.25, -0.2) is 4.98 Å². The van der Waals surface area contributed by atoms with Gasteiger partial charge in [0.15, 0.2) is 16.7 Å². The van der Waals surface area contributed by atoms with Gasteiger partial charge in [0.1, 0.15) is 11.5 Å². The fraction of sp³-hybridized carbons (Fsp3) is 0.0741. The van der Waals surface area contributed by atoms with Crippen LogP contribution in [0, 0.1) is 0 Å². The van der Waals surface area contributed by atoms with E-state index in [0.29, 0.717) is 22.0 Å². The number of thiazole rings is 1. The summed E-state index contributed by atoms with van der Waals surface area (Å²) in [4.78, 5) is 32.5. The molecule has 2 N–H and O–H groups in total. The van der Waals surface area contributed by atoms with Crippen molar-refractivity contribution in [3.8, 4) is 11.5 Å². The summed E-state index contributed by atoms with van der Waals surface area (Å²) in [5, 5.41) is 20.9. The number of phenolic OH excluding ortho intramolecular Hbond substituents is 1. The summed E-state index contributed by atoms with van der Waals surface area (Å²) in [6.07, 6.45) is 2.97. The van der Waals surface area contributed by atoms with Crippen LogP contribution in [-0.2, 0) is 9.59 Å². The number of carbonyl (C=O) groups is 2. The number of rotatable bonds is 6. The van der Waals surface area contributed by atoms with Gasteiger partial charge < -0.3 is 14.9 Å². The second-order valence-corrected chi connectivity index (χ2v) is 8.88. The Balaban J connectivity index is 1.60. The van der Waals surface area contributed by atoms with E-state index in [1.807, 2.05) is 36.4 Å². The van der Waals surface area contributed by atoms with Gasteiger partial charge in [-0.2, -0.15) is 0 Å². The molecule has 4 aromatic rings. The van der Waals surface area contributed by atoms with E-state index in [4.69, 9.17) is 4.74 Å². The van der Waals surface area contributed by atoms with Crippen molar-refractivity contribution in [1.29, 1.82) is 0 Å². The fourth-order valence-electron chi connectivity index (χ4n) is 3.97. The number of ether oxygens (including phenoxy) is 1. The lowest BCUT2D eigenvalue weighted by atomic mass is 9.95. The minimum Gasteiger partial charge on any atom is -0.508 e. The molecule has 0 radical (unpaired) electrons. The first-order chi connectivity index (χ1) is 17.0. The van der Waals surface area contributed by atoms with Gasteiger partial charge in [0.2, 0.25) is 0 Å². The number of aliphatic hydroxyl groups is 1. The normalized spacial score (nSPS) is 16.0. The van der Waals surface area contributed by atoms with Gasteiger partial charge in [-0.15, -0.1) is 0 Å². The maximum absolute atomic E-state index is 13.3. The highest BCUT2D eigenvalue weighted by Gasteiger charge is 2.45. The molecule has 0 bridgehead atoms. The minimum absolute atomic E-state index is 0.0433. The predicted octanol–water partition coefficient (Wildman–Crippen LogP) is 5.19. The van der Waals surface area contributed by atoms with E-state index in [-0.39, 0.29) is 11.3 Å². The number of phenols is 1. The lowest BCUT2D eigenvalue weighted by Crippen LogP contribution is -2.30. The maximum Gasteiger partial charge on any atom is 0.296 e. The predicted molar refractivity (Wildman–Crippen MR) is 135 cm³/mol. The van der Waals surface area contributed by atoms with Crippen LogP contribution in [-0.4, -0.2) is 34.0 Å². The van der Waals surface area contributed by atoms with Gasteiger partial charge in [0, 0.05) is 0 Å². The van der Waals surface area contributed by atoms with Crippen LogP contribution in [0.4, 0.5) is 5.13 Å². The number of aromatic hydroxyl groups is 1. The smallest absolute Gasteiger partial charge is 0.296 e. The van der Waals surface area contributed by atoms with Crippen molar-refractivity contribution < 1.29 is 24.5 Å². The molecular weight excluding hydrogens is 464 g/mol. The number of allylic oxidation sites excluding steroid dienone is 1. The number of hydrogen-bond acceptors (Lipinski definition) is 7. The number of fused-ring (bicyclic) bond motifs is 1. The van der Waals surface area contributed by atoms with Gasteiger partial charge >= 0.3 is 0 Å². The lowest BCUT2D eigenvalue weighted by molar-refractivity contribution is -0.117. The number of anilines is 1. The monoisotopic (exact) mass is 484 g/mol. The summed E-state index contributed by atoms with van der Waals surface area (Å²) in [7, 11) is 1.57. The molecule has 0 saturated carbocycles. The summed E-state index contributed by atoms with van der Waals surface area (Å²) < 4.78 is 6.07. The molecule has 1 aliphatic rings. The van der Waals surface area contributed by atoms with Crippen LogP contribution in [0.3, 0.4) is 0 Å². The number of nitrogens with zero attached hydrogens (tertiary/aromatic N) is 2. The van der Waals surface area contributed by atoms with Crippen molar-refractivity contribution in [2.75, 3.05) is 12.0 Å². The molecule has 35 heavy (non-hydrogen) atoms. The molecule has 1 atom stereocenters. The Labute approximate surface area is 204 Å². The zero-order valence-electron chi connectivity index (χ0n) is 18.6. The SMILES string of the molecule is COc1ccc2nc(N3C(=O)C(O)=C(C(=O)/C=C/c4ccccc4)C3c3ccc(O)cc3)sc2c1. The van der Waals surface area contributed by atoms with E-state index in [1.54, 1.807) is 37.5 Å². The zero-order chi connectivity index (χ0) is 24.5. The zero-order valence-corrected chi connectivity index (χ0v) is 19.4. The number of benzene rings is 3. The summed E-state index contributed by atoms with van der Waals surface area (Å²) in [6, 6.07) is 19.9. The molecule has 1 amide bonds. The molecule has 1 aliphatic heterocycles. The molecule has 0 spiro atoms. The van der Waals surface area contributed by atoms with Crippen LogP contribution in [0.2, 0.25) is 0 Å². The number of ketones is 1. The van der Waals surface area contributed by atoms with Crippen molar-refractivity contribution in [1.82, 2.24) is 4.98 Å². The Morgan fingerprint density at radius 3 is 2.51 bits per heavy atom. The number of hydrogen-bond donors (Lipinski definition) is 2. The van der Waals surface area contributed by atoms with Gasteiger partial charge in [-0.1, -0.05) is 59.9 Å². The van der Waals surface area contributed by atoms with Crippen LogP contribution >= 0.6 is 11.3 Å². The summed E-state index contributed by atoms with van der Waals surface area (Å²) in [5.74, 6) is -1.14. The molecule has 8 heteroatoms. The number of amides is 1. The molecule has 1 unspecified atom stereocenters. The van der Waals surface area contributed by atoms with Gasteiger partial charge in [-0.3, -0.25) is 14.5 Å². The highest BCUT2D eigenvalue weighted by molar-refractivity contribution is 7.22. The van der Waals surface area contributed by atoms with E-state index in [9.17, 15) is 19.8 Å². The first kappa shape index (κ1) is 22.4. The first-order valence-electron chi connectivity index (χ1n) is 10.7. The van der Waals surface area contributed by atoms with Crippen LogP contribution in [0.15, 0.2) is 90.2 Å². The molecule has 1 aromatic heterocycles. The second kappa shape index (κ2) is 9.08. The van der Waals surface area contributed by atoms with Crippen LogP contribution < -0.4 is 9.64 Å². The highest BCUT2D eigenvalue weighted by Crippen LogP contribution is 2.44. The third-order valence-electron chi connectivity index (χ3n) is 5.70. The van der Waals surface area contributed by atoms with Gasteiger partial charge in [0.05, 0.1) is 28.9 Å². The van der Waals surface area contributed by atoms with E-state index < -0.39 is 23.5 Å². The molecule has 2 heterocycles. The van der Waals surface area contributed by atoms with Crippen LogP contribution in [0.1, 0.15) is 17.2 Å². The Morgan fingerprint density at radius 2 is 1.80 bits per heavy atom. The molecule has 3 aromatic carbocycles. The molecule has 174 valence electrons. The first-order valence-corrected chi connectivity index (χ1v) is 11.6. The molecule has 0 aliphatic carbocycles. The fourth-order valence-corrected chi connectivity index (χ4v) is 5.00. The van der Waals surface area contributed by atoms with Crippen LogP contribution in [0.5, 0.6) is 11.5 Å². The molecule has 5 rings (SSSR count). The molecular formula is C27H20N2O5S. The lowest BCUT2D eigenvalue weighted by Gasteiger charge is -2.24. The summed E-state index contributed by atoms with van der Waals surface area (Å²) >= 11 is 1.25. The third-order valence-corrected chi connectivity index (χ3v) is 6.72. The van der Waals surface area contributed by atoms with Crippen molar-refractivity contribution in [2.45, 2.75) is 6.04 Å². The number of methoxy groups -OCH3 is 1. The average molecular weight is 485 g/mol. The summed E-state index contributed by atoms with van der Waals surface area (Å²) in [5.41, 5.74) is 1.97. The van der Waals surface area contributed by atoms with E-state index in [0.717, 1.165) is 10.3 Å². The Morgan fingerprint density at radius 1 is 1.06 bits per heavy atom. The minimum atomic E-state index is -0.918. The number of aliphatic hydroxyl groups excluding tert-OH is 1. The quantitative estimate of drug-likeness (QED) is 0.365. The van der Waals surface area contributed by atoms with Crippen molar-refractivity contribution in [3.05, 3.63) is 101 Å². The largest absolute Gasteiger partial charge is 0.508 e. The standard InChI is InChI=1S/C27H20N2O5S/c1-34-19-12-13-20-22(15-19)35-27(28-20)29-24(17-8-10-18(30)11-9-17)23(25(32)26(29)33)21(31)14-7-16-5-3-2-4-6-16/h2-15,24,30,32H,1H3/b14-7+. The van der Waals surface area contributed by atoms with E-state index in [2.05, 4.69) is 4.98 Å². The molecule has 0 fully saturated rings. The van der Waals surface area contributed by atoms with Crippen LogP contribution in [0.25, 0.3) is 16.3 Å². The Kier molecular flexibility index (Phi) is 5.80. The van der Waals surface area contributed by atoms with E-state index >= 15 is 0 Å². The van der Waals surface area contributed by atoms with Crippen molar-refractivity contribution in [2.24, 2.45) is 0 Å².